The molecule has 3 rings (SSSR count). The molecule has 2 amide bonds. The number of rotatable bonds is 7. The quantitative estimate of drug-likeness (QED) is 0.667. The standard InChI is InChI=1S/C22H26BrFN4O2/c1-26(14-17-5-7-18(23)8-6-17)16-22(30)28-11-9-27(10-12-28)15-21(29)25-20-4-2-3-19(24)13-20/h2-8,13H,9-12,14-16H2,1H3,(H,25,29). The lowest BCUT2D eigenvalue weighted by atomic mass is 10.2. The number of carbonyl (C=O) groups excluding carboxylic acids is 2. The molecular formula is C22H26BrFN4O2. The second-order valence-electron chi connectivity index (χ2n) is 7.51. The zero-order valence-corrected chi connectivity index (χ0v) is 18.6. The molecule has 2 aromatic rings. The maximum Gasteiger partial charge on any atom is 0.238 e. The number of hydrogen-bond donors (Lipinski definition) is 1. The smallest absolute Gasteiger partial charge is 0.238 e. The van der Waals surface area contributed by atoms with Crippen molar-refractivity contribution in [2.24, 2.45) is 0 Å². The minimum atomic E-state index is -0.384. The third-order valence-corrected chi connectivity index (χ3v) is 5.50. The van der Waals surface area contributed by atoms with Crippen molar-refractivity contribution < 1.29 is 14.0 Å². The van der Waals surface area contributed by atoms with Crippen LogP contribution < -0.4 is 5.32 Å². The summed E-state index contributed by atoms with van der Waals surface area (Å²) >= 11 is 3.42. The van der Waals surface area contributed by atoms with Gasteiger partial charge in [0.1, 0.15) is 5.82 Å². The van der Waals surface area contributed by atoms with Gasteiger partial charge in [0, 0.05) is 42.9 Å². The molecule has 1 aliphatic heterocycles. The van der Waals surface area contributed by atoms with Gasteiger partial charge in [0.2, 0.25) is 11.8 Å². The second-order valence-corrected chi connectivity index (χ2v) is 8.43. The maximum absolute atomic E-state index is 13.2. The highest BCUT2D eigenvalue weighted by molar-refractivity contribution is 9.10. The summed E-state index contributed by atoms with van der Waals surface area (Å²) in [5.41, 5.74) is 1.60. The highest BCUT2D eigenvalue weighted by Crippen LogP contribution is 2.12. The second kappa shape index (κ2) is 10.7. The normalized spacial score (nSPS) is 14.7. The molecule has 0 aliphatic carbocycles. The lowest BCUT2D eigenvalue weighted by Crippen LogP contribution is -2.52. The molecule has 1 fully saturated rings. The number of anilines is 1. The Morgan fingerprint density at radius 3 is 2.47 bits per heavy atom. The average molecular weight is 477 g/mol. The van der Waals surface area contributed by atoms with Gasteiger partial charge in [0.25, 0.3) is 0 Å². The van der Waals surface area contributed by atoms with E-state index < -0.39 is 0 Å². The first-order chi connectivity index (χ1) is 14.4. The molecule has 0 aromatic heterocycles. The van der Waals surface area contributed by atoms with Gasteiger partial charge < -0.3 is 10.2 Å². The van der Waals surface area contributed by atoms with E-state index in [0.29, 0.717) is 45.0 Å². The van der Waals surface area contributed by atoms with Gasteiger partial charge in [-0.25, -0.2) is 4.39 Å². The van der Waals surface area contributed by atoms with Crippen molar-refractivity contribution in [2.45, 2.75) is 6.54 Å². The Morgan fingerprint density at radius 2 is 1.80 bits per heavy atom. The third kappa shape index (κ3) is 6.90. The Balaban J connectivity index is 1.39. The molecule has 6 nitrogen and oxygen atoms in total. The molecule has 160 valence electrons. The van der Waals surface area contributed by atoms with E-state index in [0.717, 1.165) is 10.0 Å². The molecule has 0 saturated carbocycles. The number of hydrogen-bond acceptors (Lipinski definition) is 4. The van der Waals surface area contributed by atoms with E-state index in [4.69, 9.17) is 0 Å². The summed E-state index contributed by atoms with van der Waals surface area (Å²) in [5.74, 6) is -0.474. The van der Waals surface area contributed by atoms with Crippen molar-refractivity contribution in [2.75, 3.05) is 51.6 Å². The van der Waals surface area contributed by atoms with Crippen LogP contribution >= 0.6 is 15.9 Å². The van der Waals surface area contributed by atoms with Crippen LogP contribution in [-0.2, 0) is 16.1 Å². The fourth-order valence-corrected chi connectivity index (χ4v) is 3.68. The Labute approximate surface area is 184 Å². The fourth-order valence-electron chi connectivity index (χ4n) is 3.41. The van der Waals surface area contributed by atoms with Gasteiger partial charge in [0.05, 0.1) is 13.1 Å². The number of amides is 2. The summed E-state index contributed by atoms with van der Waals surface area (Å²) in [5, 5.41) is 2.71. The number of likely N-dealkylation sites (N-methyl/N-ethyl adjacent to an activating group) is 1. The van der Waals surface area contributed by atoms with Crippen molar-refractivity contribution in [3.63, 3.8) is 0 Å². The first kappa shape index (κ1) is 22.4. The van der Waals surface area contributed by atoms with Crippen molar-refractivity contribution >= 4 is 33.4 Å². The molecule has 8 heteroatoms. The van der Waals surface area contributed by atoms with Crippen LogP contribution in [0.4, 0.5) is 10.1 Å². The van der Waals surface area contributed by atoms with Crippen molar-refractivity contribution in [1.82, 2.24) is 14.7 Å². The van der Waals surface area contributed by atoms with Crippen molar-refractivity contribution in [1.29, 1.82) is 0 Å². The highest BCUT2D eigenvalue weighted by Gasteiger charge is 2.23. The molecule has 0 bridgehead atoms. The Hall–Kier alpha value is -2.29. The summed E-state index contributed by atoms with van der Waals surface area (Å²) in [6, 6.07) is 13.9. The van der Waals surface area contributed by atoms with Crippen LogP contribution in [0.25, 0.3) is 0 Å². The van der Waals surface area contributed by atoms with E-state index >= 15 is 0 Å². The number of nitrogens with zero attached hydrogens (tertiary/aromatic N) is 3. The number of halogens is 2. The number of nitrogens with one attached hydrogen (secondary N) is 1. The van der Waals surface area contributed by atoms with Gasteiger partial charge in [-0.2, -0.15) is 0 Å². The summed E-state index contributed by atoms with van der Waals surface area (Å²) < 4.78 is 14.3. The van der Waals surface area contributed by atoms with E-state index in [1.807, 2.05) is 46.0 Å². The van der Waals surface area contributed by atoms with Crippen LogP contribution in [0.15, 0.2) is 53.0 Å². The van der Waals surface area contributed by atoms with Crippen LogP contribution in [0.2, 0.25) is 0 Å². The zero-order valence-electron chi connectivity index (χ0n) is 17.0. The molecule has 1 aliphatic rings. The van der Waals surface area contributed by atoms with Gasteiger partial charge in [-0.1, -0.05) is 34.1 Å². The van der Waals surface area contributed by atoms with Crippen molar-refractivity contribution in [3.8, 4) is 0 Å². The molecule has 2 aromatic carbocycles. The van der Waals surface area contributed by atoms with Gasteiger partial charge in [-0.05, 0) is 42.9 Å². The molecular weight excluding hydrogens is 451 g/mol. The van der Waals surface area contributed by atoms with Crippen LogP contribution in [0.1, 0.15) is 5.56 Å². The summed E-state index contributed by atoms with van der Waals surface area (Å²) in [7, 11) is 1.94. The number of carbonyl (C=O) groups is 2. The topological polar surface area (TPSA) is 55.9 Å². The van der Waals surface area contributed by atoms with Gasteiger partial charge >= 0.3 is 0 Å². The molecule has 1 N–H and O–H groups in total. The van der Waals surface area contributed by atoms with Crippen LogP contribution in [0, 0.1) is 5.82 Å². The monoisotopic (exact) mass is 476 g/mol. The highest BCUT2D eigenvalue weighted by atomic mass is 79.9. The Kier molecular flexibility index (Phi) is 7.95. The minimum Gasteiger partial charge on any atom is -0.339 e. The van der Waals surface area contributed by atoms with Crippen LogP contribution in [0.5, 0.6) is 0 Å². The van der Waals surface area contributed by atoms with Gasteiger partial charge in [-0.3, -0.25) is 19.4 Å². The van der Waals surface area contributed by atoms with E-state index in [2.05, 4.69) is 21.2 Å². The average Bonchev–Trinajstić information content (AvgIpc) is 2.70. The lowest BCUT2D eigenvalue weighted by molar-refractivity contribution is -0.134. The first-order valence-corrected chi connectivity index (χ1v) is 10.7. The molecule has 0 atom stereocenters. The Bertz CT molecular complexity index is 870. The first-order valence-electron chi connectivity index (χ1n) is 9.87. The predicted octanol–water partition coefficient (Wildman–Crippen LogP) is 2.80. The van der Waals surface area contributed by atoms with E-state index in [1.165, 1.54) is 12.1 Å². The minimum absolute atomic E-state index is 0.0958. The van der Waals surface area contributed by atoms with Gasteiger partial charge in [0.15, 0.2) is 0 Å². The maximum atomic E-state index is 13.2. The predicted molar refractivity (Wildman–Crippen MR) is 119 cm³/mol. The molecule has 30 heavy (non-hydrogen) atoms. The fraction of sp³-hybridized carbons (Fsp3) is 0.364. The number of piperazine rings is 1. The molecule has 1 heterocycles. The molecule has 1 saturated heterocycles. The Morgan fingerprint density at radius 1 is 1.10 bits per heavy atom. The largest absolute Gasteiger partial charge is 0.339 e. The third-order valence-electron chi connectivity index (χ3n) is 4.97. The van der Waals surface area contributed by atoms with E-state index in [1.54, 1.807) is 12.1 Å². The molecule has 0 unspecified atom stereocenters. The van der Waals surface area contributed by atoms with E-state index in [9.17, 15) is 14.0 Å². The zero-order chi connectivity index (χ0) is 21.5. The lowest BCUT2D eigenvalue weighted by Gasteiger charge is -2.35. The summed E-state index contributed by atoms with van der Waals surface area (Å²) in [6.07, 6.45) is 0. The van der Waals surface area contributed by atoms with Crippen molar-refractivity contribution in [3.05, 3.63) is 64.4 Å². The summed E-state index contributed by atoms with van der Waals surface area (Å²) in [4.78, 5) is 30.6. The molecule has 0 radical (unpaired) electrons. The van der Waals surface area contributed by atoms with Crippen LogP contribution in [0.3, 0.4) is 0 Å². The van der Waals surface area contributed by atoms with Crippen LogP contribution in [-0.4, -0.2) is 72.8 Å². The SMILES string of the molecule is CN(CC(=O)N1CCN(CC(=O)Nc2cccc(F)c2)CC1)Cc1ccc(Br)cc1. The summed E-state index contributed by atoms with van der Waals surface area (Å²) in [6.45, 7) is 3.76. The molecule has 0 spiro atoms. The van der Waals surface area contributed by atoms with Gasteiger partial charge in [-0.15, -0.1) is 0 Å². The van der Waals surface area contributed by atoms with E-state index in [-0.39, 0.29) is 24.2 Å². The number of benzene rings is 2.